The van der Waals surface area contributed by atoms with Gasteiger partial charge in [-0.15, -0.1) is 12.6 Å². The van der Waals surface area contributed by atoms with Gasteiger partial charge in [-0.1, -0.05) is 6.07 Å². The van der Waals surface area contributed by atoms with Crippen LogP contribution in [0.25, 0.3) is 0 Å². The van der Waals surface area contributed by atoms with Crippen LogP contribution in [0.15, 0.2) is 23.1 Å². The molecule has 1 atom stereocenters. The van der Waals surface area contributed by atoms with Crippen LogP contribution in [0.3, 0.4) is 0 Å². The van der Waals surface area contributed by atoms with Gasteiger partial charge < -0.3 is 10.1 Å². The summed E-state index contributed by atoms with van der Waals surface area (Å²) < 4.78 is 5.18. The lowest BCUT2D eigenvalue weighted by Crippen LogP contribution is -1.91. The molecule has 0 radical (unpaired) electrons. The molecule has 3 heteroatoms. The van der Waals surface area contributed by atoms with Gasteiger partial charge in [0.25, 0.3) is 0 Å². The van der Waals surface area contributed by atoms with Gasteiger partial charge in [0.2, 0.25) is 0 Å². The molecule has 1 heterocycles. The van der Waals surface area contributed by atoms with E-state index in [0.29, 0.717) is 6.10 Å². The molecule has 1 N–H and O–H groups in total. The topological polar surface area (TPSA) is 24.6 Å². The van der Waals surface area contributed by atoms with Gasteiger partial charge >= 0.3 is 0 Å². The lowest BCUT2D eigenvalue weighted by Gasteiger charge is -2.05. The first kappa shape index (κ1) is 7.95. The Kier molecular flexibility index (Phi) is 1.98. The predicted molar refractivity (Wildman–Crippen MR) is 51.9 cm³/mol. The monoisotopic (exact) mass is 181 g/mol. The van der Waals surface area contributed by atoms with Crippen LogP contribution in [-0.2, 0) is 4.74 Å². The molecule has 0 amide bonds. The summed E-state index contributed by atoms with van der Waals surface area (Å²) >= 11 is 4.31. The van der Waals surface area contributed by atoms with Crippen LogP contribution in [0.4, 0.5) is 5.69 Å². The second kappa shape index (κ2) is 2.99. The zero-order valence-electron chi connectivity index (χ0n) is 6.87. The molecule has 1 saturated heterocycles. The molecule has 1 unspecified atom stereocenters. The molecule has 0 spiro atoms. The van der Waals surface area contributed by atoms with Crippen LogP contribution < -0.4 is 5.32 Å². The van der Waals surface area contributed by atoms with Crippen molar-refractivity contribution in [2.24, 2.45) is 0 Å². The molecule has 2 rings (SSSR count). The molecule has 1 aliphatic rings. The molecular weight excluding hydrogens is 170 g/mol. The molecule has 0 saturated carbocycles. The van der Waals surface area contributed by atoms with Gasteiger partial charge in [-0.25, -0.2) is 0 Å². The maximum atomic E-state index is 5.18. The Labute approximate surface area is 77.3 Å². The van der Waals surface area contributed by atoms with Crippen LogP contribution in [0.1, 0.15) is 11.7 Å². The first-order valence-corrected chi connectivity index (χ1v) is 4.38. The highest BCUT2D eigenvalue weighted by Gasteiger charge is 2.24. The fourth-order valence-corrected chi connectivity index (χ4v) is 1.45. The van der Waals surface area contributed by atoms with Gasteiger partial charge in [-0.3, -0.25) is 0 Å². The Bertz CT molecular complexity index is 297. The number of thiol groups is 1. The maximum absolute atomic E-state index is 5.18. The van der Waals surface area contributed by atoms with Crippen LogP contribution in [-0.4, -0.2) is 13.7 Å². The molecule has 2 nitrogen and oxygen atoms in total. The van der Waals surface area contributed by atoms with Crippen LogP contribution in [0.5, 0.6) is 0 Å². The van der Waals surface area contributed by atoms with Gasteiger partial charge in [0.15, 0.2) is 0 Å². The zero-order valence-corrected chi connectivity index (χ0v) is 7.77. The Balaban J connectivity index is 2.33. The second-order valence-electron chi connectivity index (χ2n) is 2.85. The summed E-state index contributed by atoms with van der Waals surface area (Å²) in [6, 6.07) is 6.13. The second-order valence-corrected chi connectivity index (χ2v) is 3.33. The number of benzene rings is 1. The number of hydrogen-bond acceptors (Lipinski definition) is 3. The SMILES string of the molecule is CNc1cc(C2CO2)ccc1S. The molecule has 0 aliphatic carbocycles. The van der Waals surface area contributed by atoms with Crippen molar-refractivity contribution >= 4 is 18.3 Å². The Hall–Kier alpha value is -0.670. The molecule has 1 fully saturated rings. The van der Waals surface area contributed by atoms with Gasteiger partial charge in [0.1, 0.15) is 6.10 Å². The first-order chi connectivity index (χ1) is 5.81. The third kappa shape index (κ3) is 1.42. The van der Waals surface area contributed by atoms with Crippen molar-refractivity contribution in [3.05, 3.63) is 23.8 Å². The van der Waals surface area contributed by atoms with E-state index in [9.17, 15) is 0 Å². The Morgan fingerprint density at radius 2 is 2.33 bits per heavy atom. The van der Waals surface area contributed by atoms with Crippen molar-refractivity contribution in [3.8, 4) is 0 Å². The Morgan fingerprint density at radius 3 is 2.92 bits per heavy atom. The number of epoxide rings is 1. The van der Waals surface area contributed by atoms with E-state index >= 15 is 0 Å². The van der Waals surface area contributed by atoms with E-state index in [1.54, 1.807) is 0 Å². The molecular formula is C9H11NOS. The highest BCUT2D eigenvalue weighted by Crippen LogP contribution is 2.33. The number of anilines is 1. The molecule has 1 aromatic carbocycles. The number of rotatable bonds is 2. The average Bonchev–Trinajstić information content (AvgIpc) is 2.88. The Morgan fingerprint density at radius 1 is 1.58 bits per heavy atom. The third-order valence-electron chi connectivity index (χ3n) is 2.00. The standard InChI is InChI=1S/C9H11NOS/c1-10-7-4-6(8-5-11-8)2-3-9(7)12/h2-4,8,10,12H,5H2,1H3. The van der Waals surface area contributed by atoms with Gasteiger partial charge in [0, 0.05) is 17.6 Å². The zero-order chi connectivity index (χ0) is 8.55. The van der Waals surface area contributed by atoms with E-state index in [4.69, 9.17) is 4.74 Å². The predicted octanol–water partition coefficient (Wildman–Crippen LogP) is 2.09. The third-order valence-corrected chi connectivity index (χ3v) is 2.39. The summed E-state index contributed by atoms with van der Waals surface area (Å²) in [7, 11) is 1.90. The average molecular weight is 181 g/mol. The highest BCUT2D eigenvalue weighted by molar-refractivity contribution is 7.80. The summed E-state index contributed by atoms with van der Waals surface area (Å²) in [6.45, 7) is 0.856. The van der Waals surface area contributed by atoms with Crippen molar-refractivity contribution in [1.82, 2.24) is 0 Å². The van der Waals surface area contributed by atoms with E-state index in [1.165, 1.54) is 5.56 Å². The lowest BCUT2D eigenvalue weighted by molar-refractivity contribution is 0.415. The van der Waals surface area contributed by atoms with Crippen molar-refractivity contribution in [1.29, 1.82) is 0 Å². The minimum atomic E-state index is 0.325. The lowest BCUT2D eigenvalue weighted by atomic mass is 10.1. The van der Waals surface area contributed by atoms with Gasteiger partial charge in [0.05, 0.1) is 6.61 Å². The first-order valence-electron chi connectivity index (χ1n) is 3.93. The largest absolute Gasteiger partial charge is 0.387 e. The summed E-state index contributed by atoms with van der Waals surface area (Å²) in [6.07, 6.45) is 0.325. The molecule has 0 aromatic heterocycles. The number of nitrogens with one attached hydrogen (secondary N) is 1. The summed E-state index contributed by atoms with van der Waals surface area (Å²) in [5.41, 5.74) is 2.29. The quantitative estimate of drug-likeness (QED) is 0.539. The molecule has 12 heavy (non-hydrogen) atoms. The van der Waals surface area contributed by atoms with Crippen LogP contribution >= 0.6 is 12.6 Å². The van der Waals surface area contributed by atoms with Gasteiger partial charge in [-0.2, -0.15) is 0 Å². The van der Waals surface area contributed by atoms with Crippen LogP contribution in [0, 0.1) is 0 Å². The van der Waals surface area contributed by atoms with E-state index in [0.717, 1.165) is 17.2 Å². The maximum Gasteiger partial charge on any atom is 0.106 e. The smallest absolute Gasteiger partial charge is 0.106 e. The van der Waals surface area contributed by atoms with E-state index in [-0.39, 0.29) is 0 Å². The number of hydrogen-bond donors (Lipinski definition) is 2. The molecule has 64 valence electrons. The highest BCUT2D eigenvalue weighted by atomic mass is 32.1. The molecule has 0 bridgehead atoms. The van der Waals surface area contributed by atoms with Crippen molar-refractivity contribution < 1.29 is 4.74 Å². The van der Waals surface area contributed by atoms with E-state index in [2.05, 4.69) is 30.1 Å². The summed E-state index contributed by atoms with van der Waals surface area (Å²) in [5.74, 6) is 0. The van der Waals surface area contributed by atoms with E-state index in [1.807, 2.05) is 13.1 Å². The van der Waals surface area contributed by atoms with Crippen molar-refractivity contribution in [2.45, 2.75) is 11.0 Å². The fourth-order valence-electron chi connectivity index (χ4n) is 1.19. The summed E-state index contributed by atoms with van der Waals surface area (Å²) in [4.78, 5) is 0.974. The fraction of sp³-hybridized carbons (Fsp3) is 0.333. The minimum absolute atomic E-state index is 0.325. The number of ether oxygens (including phenoxy) is 1. The summed E-state index contributed by atoms with van der Waals surface area (Å²) in [5, 5.41) is 3.09. The molecule has 1 aromatic rings. The minimum Gasteiger partial charge on any atom is -0.387 e. The van der Waals surface area contributed by atoms with Crippen molar-refractivity contribution in [3.63, 3.8) is 0 Å². The normalized spacial score (nSPS) is 20.7. The van der Waals surface area contributed by atoms with Gasteiger partial charge in [-0.05, 0) is 17.7 Å². The van der Waals surface area contributed by atoms with Crippen molar-refractivity contribution in [2.75, 3.05) is 19.0 Å². The van der Waals surface area contributed by atoms with Crippen LogP contribution in [0.2, 0.25) is 0 Å². The van der Waals surface area contributed by atoms with E-state index < -0.39 is 0 Å². The molecule has 1 aliphatic heterocycles.